The van der Waals surface area contributed by atoms with E-state index in [0.29, 0.717) is 18.0 Å². The molecule has 0 aromatic heterocycles. The SMILES string of the molecule is O=C(O)c1ccc2c(c1)NCc1ccccc1O2. The lowest BCUT2D eigenvalue weighted by atomic mass is 10.2. The molecule has 18 heavy (non-hydrogen) atoms. The number of fused-ring (bicyclic) bond motifs is 2. The first-order valence-electron chi connectivity index (χ1n) is 5.61. The Morgan fingerprint density at radius 2 is 2.00 bits per heavy atom. The van der Waals surface area contributed by atoms with E-state index < -0.39 is 5.97 Å². The third-order valence-electron chi connectivity index (χ3n) is 2.89. The normalized spacial score (nSPS) is 12.4. The highest BCUT2D eigenvalue weighted by atomic mass is 16.5. The molecule has 1 aliphatic heterocycles. The van der Waals surface area contributed by atoms with Gasteiger partial charge in [0.25, 0.3) is 0 Å². The van der Waals surface area contributed by atoms with Gasteiger partial charge in [0.05, 0.1) is 11.3 Å². The van der Waals surface area contributed by atoms with Crippen LogP contribution in [0.1, 0.15) is 15.9 Å². The lowest BCUT2D eigenvalue weighted by Crippen LogP contribution is -2.00. The smallest absolute Gasteiger partial charge is 0.335 e. The first-order chi connectivity index (χ1) is 8.74. The van der Waals surface area contributed by atoms with E-state index in [-0.39, 0.29) is 5.56 Å². The summed E-state index contributed by atoms with van der Waals surface area (Å²) in [5.74, 6) is 0.498. The van der Waals surface area contributed by atoms with E-state index in [9.17, 15) is 4.79 Å². The summed E-state index contributed by atoms with van der Waals surface area (Å²) in [5, 5.41) is 12.1. The molecule has 1 heterocycles. The van der Waals surface area contributed by atoms with Crippen molar-refractivity contribution in [2.75, 3.05) is 5.32 Å². The summed E-state index contributed by atoms with van der Waals surface area (Å²) >= 11 is 0. The molecule has 1 aliphatic rings. The Bertz CT molecular complexity index is 622. The van der Waals surface area contributed by atoms with Gasteiger partial charge < -0.3 is 15.2 Å². The van der Waals surface area contributed by atoms with Gasteiger partial charge in [-0.2, -0.15) is 0 Å². The van der Waals surface area contributed by atoms with Crippen LogP contribution in [0.25, 0.3) is 0 Å². The molecule has 0 saturated heterocycles. The van der Waals surface area contributed by atoms with Crippen LogP contribution in [0.2, 0.25) is 0 Å². The molecule has 0 saturated carbocycles. The monoisotopic (exact) mass is 241 g/mol. The van der Waals surface area contributed by atoms with Crippen molar-refractivity contribution in [3.63, 3.8) is 0 Å². The highest BCUT2D eigenvalue weighted by Gasteiger charge is 2.15. The summed E-state index contributed by atoms with van der Waals surface area (Å²) in [6.07, 6.45) is 0. The third kappa shape index (κ3) is 1.78. The molecule has 2 aromatic rings. The second-order valence-electron chi connectivity index (χ2n) is 4.08. The minimum absolute atomic E-state index is 0.246. The molecule has 0 spiro atoms. The number of hydrogen-bond acceptors (Lipinski definition) is 3. The molecule has 3 rings (SSSR count). The number of rotatable bonds is 1. The largest absolute Gasteiger partial charge is 0.478 e. The fourth-order valence-electron chi connectivity index (χ4n) is 1.95. The number of hydrogen-bond donors (Lipinski definition) is 2. The van der Waals surface area contributed by atoms with Gasteiger partial charge in [0.1, 0.15) is 5.75 Å². The molecular formula is C14H11NO3. The van der Waals surface area contributed by atoms with E-state index in [1.807, 2.05) is 24.3 Å². The Morgan fingerprint density at radius 3 is 2.83 bits per heavy atom. The Morgan fingerprint density at radius 1 is 1.17 bits per heavy atom. The van der Waals surface area contributed by atoms with Gasteiger partial charge in [-0.05, 0) is 24.3 Å². The van der Waals surface area contributed by atoms with Crippen LogP contribution in [0.4, 0.5) is 5.69 Å². The van der Waals surface area contributed by atoms with Gasteiger partial charge in [0, 0.05) is 12.1 Å². The quantitative estimate of drug-likeness (QED) is 0.805. The Balaban J connectivity index is 2.04. The molecule has 0 atom stereocenters. The molecule has 4 heteroatoms. The van der Waals surface area contributed by atoms with Crippen LogP contribution in [0.15, 0.2) is 42.5 Å². The van der Waals surface area contributed by atoms with Crippen molar-refractivity contribution in [3.8, 4) is 11.5 Å². The first-order valence-corrected chi connectivity index (χ1v) is 5.61. The summed E-state index contributed by atoms with van der Waals surface area (Å²) < 4.78 is 5.78. The molecule has 0 radical (unpaired) electrons. The van der Waals surface area contributed by atoms with E-state index in [2.05, 4.69) is 5.32 Å². The van der Waals surface area contributed by atoms with Gasteiger partial charge in [-0.3, -0.25) is 0 Å². The highest BCUT2D eigenvalue weighted by Crippen LogP contribution is 2.35. The summed E-state index contributed by atoms with van der Waals surface area (Å²) in [4.78, 5) is 10.9. The number of para-hydroxylation sites is 1. The lowest BCUT2D eigenvalue weighted by molar-refractivity contribution is 0.0697. The second kappa shape index (κ2) is 4.07. The maximum atomic E-state index is 10.9. The van der Waals surface area contributed by atoms with Gasteiger partial charge in [-0.15, -0.1) is 0 Å². The predicted molar refractivity (Wildman–Crippen MR) is 67.2 cm³/mol. The van der Waals surface area contributed by atoms with E-state index in [4.69, 9.17) is 9.84 Å². The maximum absolute atomic E-state index is 10.9. The van der Waals surface area contributed by atoms with Crippen LogP contribution in [0.3, 0.4) is 0 Å². The molecule has 2 N–H and O–H groups in total. The van der Waals surface area contributed by atoms with Gasteiger partial charge in [-0.25, -0.2) is 4.79 Å². The Labute approximate surface area is 104 Å². The standard InChI is InChI=1S/C14H11NO3/c16-14(17)9-5-6-13-11(7-9)15-8-10-3-1-2-4-12(10)18-13/h1-7,15H,8H2,(H,16,17). The van der Waals surface area contributed by atoms with E-state index in [0.717, 1.165) is 11.3 Å². The Hall–Kier alpha value is -2.49. The zero-order valence-electron chi connectivity index (χ0n) is 9.51. The molecule has 90 valence electrons. The molecule has 2 aromatic carbocycles. The fourth-order valence-corrected chi connectivity index (χ4v) is 1.95. The molecule has 0 aliphatic carbocycles. The van der Waals surface area contributed by atoms with Crippen molar-refractivity contribution in [3.05, 3.63) is 53.6 Å². The molecule has 4 nitrogen and oxygen atoms in total. The van der Waals surface area contributed by atoms with Crippen molar-refractivity contribution in [2.24, 2.45) is 0 Å². The van der Waals surface area contributed by atoms with Crippen molar-refractivity contribution in [2.45, 2.75) is 6.54 Å². The number of carboxylic acids is 1. The van der Waals surface area contributed by atoms with Gasteiger partial charge >= 0.3 is 5.97 Å². The molecular weight excluding hydrogens is 230 g/mol. The summed E-state index contributed by atoms with van der Waals surface area (Å²) in [7, 11) is 0. The number of nitrogens with one attached hydrogen (secondary N) is 1. The number of benzene rings is 2. The van der Waals surface area contributed by atoms with Crippen LogP contribution in [-0.4, -0.2) is 11.1 Å². The molecule has 0 fully saturated rings. The van der Waals surface area contributed by atoms with Gasteiger partial charge in [0.2, 0.25) is 0 Å². The van der Waals surface area contributed by atoms with Crippen LogP contribution in [-0.2, 0) is 6.54 Å². The van der Waals surface area contributed by atoms with E-state index in [1.165, 1.54) is 6.07 Å². The summed E-state index contributed by atoms with van der Waals surface area (Å²) in [6.45, 7) is 0.617. The van der Waals surface area contributed by atoms with Crippen molar-refractivity contribution < 1.29 is 14.6 Å². The van der Waals surface area contributed by atoms with Gasteiger partial charge in [-0.1, -0.05) is 18.2 Å². The van der Waals surface area contributed by atoms with E-state index >= 15 is 0 Å². The molecule has 0 unspecified atom stereocenters. The topological polar surface area (TPSA) is 58.6 Å². The Kier molecular flexibility index (Phi) is 2.41. The van der Waals surface area contributed by atoms with Crippen LogP contribution < -0.4 is 10.1 Å². The maximum Gasteiger partial charge on any atom is 0.335 e. The average molecular weight is 241 g/mol. The number of carbonyl (C=O) groups is 1. The first kappa shape index (κ1) is 10.7. The fraction of sp³-hybridized carbons (Fsp3) is 0.0714. The van der Waals surface area contributed by atoms with Crippen molar-refractivity contribution in [1.82, 2.24) is 0 Å². The van der Waals surface area contributed by atoms with Crippen LogP contribution >= 0.6 is 0 Å². The molecule has 0 bridgehead atoms. The minimum Gasteiger partial charge on any atom is -0.478 e. The zero-order chi connectivity index (χ0) is 12.5. The van der Waals surface area contributed by atoms with Gasteiger partial charge in [0.15, 0.2) is 5.75 Å². The number of carboxylic acid groups (broad SMARTS) is 1. The highest BCUT2D eigenvalue weighted by molar-refractivity contribution is 5.89. The minimum atomic E-state index is -0.943. The number of anilines is 1. The zero-order valence-corrected chi connectivity index (χ0v) is 9.51. The second-order valence-corrected chi connectivity index (χ2v) is 4.08. The van der Waals surface area contributed by atoms with Crippen LogP contribution in [0.5, 0.6) is 11.5 Å². The number of ether oxygens (including phenoxy) is 1. The van der Waals surface area contributed by atoms with E-state index in [1.54, 1.807) is 12.1 Å². The van der Waals surface area contributed by atoms with Crippen LogP contribution in [0, 0.1) is 0 Å². The molecule has 0 amide bonds. The third-order valence-corrected chi connectivity index (χ3v) is 2.89. The lowest BCUT2D eigenvalue weighted by Gasteiger charge is -2.08. The van der Waals surface area contributed by atoms with Crippen molar-refractivity contribution >= 4 is 11.7 Å². The summed E-state index contributed by atoms with van der Waals surface area (Å²) in [5.41, 5.74) is 1.99. The predicted octanol–water partition coefficient (Wildman–Crippen LogP) is 3.10. The number of aromatic carboxylic acids is 1. The summed E-state index contributed by atoms with van der Waals surface area (Å²) in [6, 6.07) is 12.5. The van der Waals surface area contributed by atoms with Crippen molar-refractivity contribution in [1.29, 1.82) is 0 Å². The average Bonchev–Trinajstić information content (AvgIpc) is 2.56.